The summed E-state index contributed by atoms with van der Waals surface area (Å²) in [7, 11) is 0. The lowest BCUT2D eigenvalue weighted by atomic mass is 9.94. The summed E-state index contributed by atoms with van der Waals surface area (Å²) in [5, 5.41) is 29.3. The van der Waals surface area contributed by atoms with Gasteiger partial charge in [0.15, 0.2) is 5.60 Å². The van der Waals surface area contributed by atoms with Gasteiger partial charge in [-0.2, -0.15) is 22.8 Å². The molecule has 4 rings (SSSR count). The number of rotatable bonds is 2. The highest BCUT2D eigenvalue weighted by molar-refractivity contribution is 5.60. The van der Waals surface area contributed by atoms with Crippen molar-refractivity contribution in [3.05, 3.63) is 58.4 Å². The van der Waals surface area contributed by atoms with Gasteiger partial charge in [0.1, 0.15) is 17.3 Å². The molecule has 2 atom stereocenters. The van der Waals surface area contributed by atoms with Crippen molar-refractivity contribution in [1.82, 2.24) is 0 Å². The van der Waals surface area contributed by atoms with E-state index in [0.29, 0.717) is 6.07 Å². The monoisotopic (exact) mass is 383 g/mol. The van der Waals surface area contributed by atoms with Crippen LogP contribution in [-0.4, -0.2) is 16.1 Å². The van der Waals surface area contributed by atoms with Crippen LogP contribution < -0.4 is 4.74 Å². The number of hydrogen-bond donors (Lipinski definition) is 2. The second kappa shape index (κ2) is 5.18. The van der Waals surface area contributed by atoms with Crippen LogP contribution in [0.5, 0.6) is 11.5 Å². The van der Waals surface area contributed by atoms with E-state index in [1.54, 1.807) is 6.07 Å². The van der Waals surface area contributed by atoms with Gasteiger partial charge in [0.05, 0.1) is 17.7 Å². The second-order valence-electron chi connectivity index (χ2n) is 6.52. The molecule has 140 valence electrons. The first-order chi connectivity index (χ1) is 12.5. The van der Waals surface area contributed by atoms with Crippen LogP contribution in [0.1, 0.15) is 34.8 Å². The summed E-state index contributed by atoms with van der Waals surface area (Å²) in [4.78, 5) is 0. The lowest BCUT2D eigenvalue weighted by molar-refractivity contribution is -0.289. The van der Waals surface area contributed by atoms with Gasteiger partial charge in [-0.1, -0.05) is 0 Å². The van der Waals surface area contributed by atoms with Crippen molar-refractivity contribution in [2.45, 2.75) is 30.0 Å². The molecule has 0 aliphatic heterocycles. The normalized spacial score (nSPS) is 26.5. The van der Waals surface area contributed by atoms with Crippen molar-refractivity contribution >= 4 is 0 Å². The van der Waals surface area contributed by atoms with E-state index in [4.69, 9.17) is 10.00 Å². The van der Waals surface area contributed by atoms with Crippen molar-refractivity contribution in [3.8, 4) is 17.6 Å². The molecule has 0 fully saturated rings. The number of aliphatic hydroxyl groups is 2. The molecule has 2 aliphatic rings. The first-order valence-electron chi connectivity index (χ1n) is 7.75. The third kappa shape index (κ3) is 2.08. The maximum atomic E-state index is 14.2. The van der Waals surface area contributed by atoms with Gasteiger partial charge in [0.25, 0.3) is 0 Å². The molecular formula is C18H10F5NO3. The predicted octanol–water partition coefficient (Wildman–Crippen LogP) is 3.86. The van der Waals surface area contributed by atoms with Crippen molar-refractivity contribution in [1.29, 1.82) is 5.26 Å². The fourth-order valence-corrected chi connectivity index (χ4v) is 3.74. The van der Waals surface area contributed by atoms with Crippen LogP contribution in [0.2, 0.25) is 0 Å². The number of nitriles is 1. The average Bonchev–Trinajstić information content (AvgIpc) is 2.92. The molecule has 2 aromatic rings. The van der Waals surface area contributed by atoms with E-state index >= 15 is 0 Å². The zero-order valence-electron chi connectivity index (χ0n) is 13.3. The van der Waals surface area contributed by atoms with E-state index in [1.807, 2.05) is 0 Å². The second-order valence-corrected chi connectivity index (χ2v) is 6.52. The minimum atomic E-state index is -4.82. The molecule has 0 saturated heterocycles. The largest absolute Gasteiger partial charge is 0.457 e. The highest BCUT2D eigenvalue weighted by atomic mass is 19.3. The summed E-state index contributed by atoms with van der Waals surface area (Å²) < 4.78 is 75.7. The number of hydrogen-bond acceptors (Lipinski definition) is 4. The first kappa shape index (κ1) is 17.7. The van der Waals surface area contributed by atoms with Gasteiger partial charge in [0, 0.05) is 29.2 Å². The summed E-state index contributed by atoms with van der Waals surface area (Å²) >= 11 is 0. The van der Waals surface area contributed by atoms with Gasteiger partial charge in [-0.15, -0.1) is 0 Å². The third-order valence-electron chi connectivity index (χ3n) is 4.92. The highest BCUT2D eigenvalue weighted by Gasteiger charge is 2.78. The molecule has 0 aromatic heterocycles. The van der Waals surface area contributed by atoms with Gasteiger partial charge in [-0.3, -0.25) is 0 Å². The Kier molecular flexibility index (Phi) is 3.40. The molecule has 2 N–H and O–H groups in total. The van der Waals surface area contributed by atoms with E-state index in [1.165, 1.54) is 0 Å². The topological polar surface area (TPSA) is 73.5 Å². The van der Waals surface area contributed by atoms with Gasteiger partial charge in [0.2, 0.25) is 0 Å². The Labute approximate surface area is 149 Å². The molecule has 0 bridgehead atoms. The fraction of sp³-hybridized carbons (Fsp3) is 0.278. The molecule has 0 amide bonds. The number of benzene rings is 2. The summed E-state index contributed by atoms with van der Waals surface area (Å²) in [5.74, 6) is -10.7. The van der Waals surface area contributed by atoms with Gasteiger partial charge < -0.3 is 14.9 Å². The predicted molar refractivity (Wildman–Crippen MR) is 79.9 cm³/mol. The molecule has 27 heavy (non-hydrogen) atoms. The van der Waals surface area contributed by atoms with Crippen molar-refractivity contribution in [2.75, 3.05) is 0 Å². The molecule has 0 unspecified atom stereocenters. The average molecular weight is 383 g/mol. The molecule has 4 nitrogen and oxygen atoms in total. The van der Waals surface area contributed by atoms with E-state index in [9.17, 15) is 32.2 Å². The molecule has 0 saturated carbocycles. The number of nitrogens with zero attached hydrogens (tertiary/aromatic N) is 1. The van der Waals surface area contributed by atoms with Crippen molar-refractivity contribution < 1.29 is 36.9 Å². The van der Waals surface area contributed by atoms with Crippen LogP contribution in [-0.2, 0) is 11.5 Å². The van der Waals surface area contributed by atoms with E-state index in [2.05, 4.69) is 0 Å². The van der Waals surface area contributed by atoms with Gasteiger partial charge in [-0.25, -0.2) is 4.39 Å². The molecular weight excluding hydrogens is 373 g/mol. The molecule has 0 radical (unpaired) electrons. The third-order valence-corrected chi connectivity index (χ3v) is 4.92. The zero-order chi connectivity index (χ0) is 19.8. The smallest absolute Gasteiger partial charge is 0.346 e. The summed E-state index contributed by atoms with van der Waals surface area (Å²) in [6.45, 7) is 0. The first-order valence-corrected chi connectivity index (χ1v) is 7.75. The highest BCUT2D eigenvalue weighted by Crippen LogP contribution is 2.68. The molecule has 0 spiro atoms. The summed E-state index contributed by atoms with van der Waals surface area (Å²) in [6, 6.07) is 6.31. The maximum Gasteiger partial charge on any atom is 0.346 e. The fourth-order valence-electron chi connectivity index (χ4n) is 3.74. The number of halogens is 5. The Morgan fingerprint density at radius 2 is 1.85 bits per heavy atom. The quantitative estimate of drug-likeness (QED) is 0.773. The maximum absolute atomic E-state index is 14.2. The SMILES string of the molecule is N#Cc1cc(F)cc(Oc2ccc3c4c2[C@@H](O)C[C@]4(O)C(F)(F)C3(F)F)c1. The Hall–Kier alpha value is -2.70. The molecule has 0 heterocycles. The van der Waals surface area contributed by atoms with E-state index < -0.39 is 52.5 Å². The van der Waals surface area contributed by atoms with Crippen molar-refractivity contribution in [2.24, 2.45) is 0 Å². The standard InChI is InChI=1S/C18H10F5NO3/c19-9-3-8(7-24)4-10(5-9)27-13-2-1-11-15-14(13)12(25)6-16(15,26)18(22,23)17(11,20)21/h1-5,12,25-26H,6H2/t12-,16+/m0/s1. The van der Waals surface area contributed by atoms with E-state index in [-0.39, 0.29) is 17.1 Å². The Morgan fingerprint density at radius 1 is 1.15 bits per heavy atom. The summed E-state index contributed by atoms with van der Waals surface area (Å²) in [5.41, 5.74) is -5.61. The van der Waals surface area contributed by atoms with Gasteiger partial charge in [-0.05, 0) is 24.3 Å². The zero-order valence-corrected chi connectivity index (χ0v) is 13.3. The van der Waals surface area contributed by atoms with Crippen LogP contribution >= 0.6 is 0 Å². The minimum absolute atomic E-state index is 0.0855. The molecule has 2 aromatic carbocycles. The molecule has 2 aliphatic carbocycles. The van der Waals surface area contributed by atoms with Gasteiger partial charge >= 0.3 is 11.8 Å². The van der Waals surface area contributed by atoms with Crippen molar-refractivity contribution in [3.63, 3.8) is 0 Å². The Balaban J connectivity index is 1.89. The number of ether oxygens (including phenoxy) is 1. The van der Waals surface area contributed by atoms with Crippen LogP contribution in [0, 0.1) is 17.1 Å². The molecule has 9 heteroatoms. The van der Waals surface area contributed by atoms with Crippen LogP contribution in [0.4, 0.5) is 22.0 Å². The number of alkyl halides is 4. The minimum Gasteiger partial charge on any atom is -0.457 e. The van der Waals surface area contributed by atoms with Crippen LogP contribution in [0.3, 0.4) is 0 Å². The van der Waals surface area contributed by atoms with Crippen LogP contribution in [0.25, 0.3) is 0 Å². The lowest BCUT2D eigenvalue weighted by Gasteiger charge is -2.30. The lowest BCUT2D eigenvalue weighted by Crippen LogP contribution is -2.48. The van der Waals surface area contributed by atoms with E-state index in [0.717, 1.165) is 24.3 Å². The Bertz CT molecular complexity index is 1020. The Morgan fingerprint density at radius 3 is 2.52 bits per heavy atom. The van der Waals surface area contributed by atoms with Crippen LogP contribution in [0.15, 0.2) is 30.3 Å². The summed E-state index contributed by atoms with van der Waals surface area (Å²) in [6.07, 6.45) is -2.73. The number of aliphatic hydroxyl groups excluding tert-OH is 1.